The van der Waals surface area contributed by atoms with Gasteiger partial charge in [-0.3, -0.25) is 9.59 Å². The van der Waals surface area contributed by atoms with E-state index >= 15 is 0 Å². The molecule has 0 aromatic heterocycles. The van der Waals surface area contributed by atoms with Crippen molar-refractivity contribution in [3.63, 3.8) is 0 Å². The summed E-state index contributed by atoms with van der Waals surface area (Å²) in [5.41, 5.74) is 7.16. The molecule has 0 heterocycles. The summed E-state index contributed by atoms with van der Waals surface area (Å²) in [4.78, 5) is 23.5. The van der Waals surface area contributed by atoms with E-state index < -0.39 is 5.91 Å². The van der Waals surface area contributed by atoms with Crippen LogP contribution in [0.5, 0.6) is 11.5 Å². The molecule has 28 heavy (non-hydrogen) atoms. The van der Waals surface area contributed by atoms with E-state index in [-0.39, 0.29) is 12.5 Å². The Hall–Kier alpha value is -3.80. The predicted octanol–water partition coefficient (Wildman–Crippen LogP) is 3.31. The van der Waals surface area contributed by atoms with Gasteiger partial charge in [0.1, 0.15) is 11.5 Å². The number of nitrogens with two attached hydrogens (primary N) is 1. The van der Waals surface area contributed by atoms with Crippen LogP contribution in [0.4, 0.5) is 5.69 Å². The number of carbonyl (C=O) groups excluding carboxylic acids is 2. The SMILES string of the molecule is NC(=O)c1ccccc1NCC(=O)NCc1ccc(Oc2ccccc2)cc1. The maximum atomic E-state index is 12.1. The average molecular weight is 375 g/mol. The van der Waals surface area contributed by atoms with Crippen molar-refractivity contribution < 1.29 is 14.3 Å². The molecule has 142 valence electrons. The number of carbonyl (C=O) groups is 2. The third-order valence-electron chi connectivity index (χ3n) is 4.02. The quantitative estimate of drug-likeness (QED) is 0.563. The monoisotopic (exact) mass is 375 g/mol. The molecule has 0 saturated heterocycles. The van der Waals surface area contributed by atoms with Crippen LogP contribution < -0.4 is 21.1 Å². The Morgan fingerprint density at radius 3 is 2.18 bits per heavy atom. The largest absolute Gasteiger partial charge is 0.457 e. The molecular formula is C22H21N3O3. The normalized spacial score (nSPS) is 10.1. The molecule has 3 aromatic rings. The van der Waals surface area contributed by atoms with Crippen LogP contribution in [0.15, 0.2) is 78.9 Å². The van der Waals surface area contributed by atoms with Crippen molar-refractivity contribution in [1.29, 1.82) is 0 Å². The number of primary amides is 1. The van der Waals surface area contributed by atoms with Crippen molar-refractivity contribution >= 4 is 17.5 Å². The lowest BCUT2D eigenvalue weighted by Gasteiger charge is -2.11. The molecule has 3 rings (SSSR count). The van der Waals surface area contributed by atoms with Crippen LogP contribution in [0.1, 0.15) is 15.9 Å². The second kappa shape index (κ2) is 9.23. The molecule has 6 nitrogen and oxygen atoms in total. The van der Waals surface area contributed by atoms with Gasteiger partial charge in [0.2, 0.25) is 5.91 Å². The molecule has 0 saturated carbocycles. The van der Waals surface area contributed by atoms with Gasteiger partial charge < -0.3 is 21.1 Å². The number of amides is 2. The summed E-state index contributed by atoms with van der Waals surface area (Å²) < 4.78 is 5.74. The lowest BCUT2D eigenvalue weighted by atomic mass is 10.1. The summed E-state index contributed by atoms with van der Waals surface area (Å²) in [6, 6.07) is 23.8. The fraction of sp³-hybridized carbons (Fsp3) is 0.0909. The molecule has 4 N–H and O–H groups in total. The van der Waals surface area contributed by atoms with Crippen LogP contribution in [0.3, 0.4) is 0 Å². The number of anilines is 1. The second-order valence-corrected chi connectivity index (χ2v) is 6.10. The standard InChI is InChI=1S/C22H21N3O3/c23-22(27)19-8-4-5-9-20(19)24-15-21(26)25-14-16-10-12-18(13-11-16)28-17-6-2-1-3-7-17/h1-13,24H,14-15H2,(H2,23,27)(H,25,26). The molecule has 0 atom stereocenters. The minimum atomic E-state index is -0.540. The third kappa shape index (κ3) is 5.35. The summed E-state index contributed by atoms with van der Waals surface area (Å²) in [6.45, 7) is 0.434. The third-order valence-corrected chi connectivity index (χ3v) is 4.02. The zero-order valence-corrected chi connectivity index (χ0v) is 15.2. The molecule has 0 aliphatic rings. The van der Waals surface area contributed by atoms with Crippen molar-refractivity contribution in [1.82, 2.24) is 5.32 Å². The van der Waals surface area contributed by atoms with E-state index in [0.29, 0.717) is 17.8 Å². The number of ether oxygens (including phenoxy) is 1. The first kappa shape index (κ1) is 19.0. The molecule has 0 unspecified atom stereocenters. The van der Waals surface area contributed by atoms with Crippen LogP contribution >= 0.6 is 0 Å². The Labute approximate surface area is 163 Å². The maximum Gasteiger partial charge on any atom is 0.250 e. The highest BCUT2D eigenvalue weighted by atomic mass is 16.5. The number of para-hydroxylation sites is 2. The predicted molar refractivity (Wildman–Crippen MR) is 108 cm³/mol. The number of benzene rings is 3. The molecular weight excluding hydrogens is 354 g/mol. The lowest BCUT2D eigenvalue weighted by Crippen LogP contribution is -2.30. The van der Waals surface area contributed by atoms with Gasteiger partial charge in [-0.05, 0) is 42.0 Å². The van der Waals surface area contributed by atoms with Gasteiger partial charge in [-0.25, -0.2) is 0 Å². The molecule has 0 aliphatic heterocycles. The number of nitrogens with one attached hydrogen (secondary N) is 2. The van der Waals surface area contributed by atoms with E-state index in [4.69, 9.17) is 10.5 Å². The van der Waals surface area contributed by atoms with E-state index in [1.165, 1.54) is 0 Å². The van der Waals surface area contributed by atoms with Crippen molar-refractivity contribution in [3.05, 3.63) is 90.0 Å². The van der Waals surface area contributed by atoms with E-state index in [9.17, 15) is 9.59 Å². The van der Waals surface area contributed by atoms with Crippen molar-refractivity contribution in [3.8, 4) is 11.5 Å². The summed E-state index contributed by atoms with van der Waals surface area (Å²) in [7, 11) is 0. The molecule has 0 fully saturated rings. The number of hydrogen-bond donors (Lipinski definition) is 3. The minimum absolute atomic E-state index is 0.0412. The van der Waals surface area contributed by atoms with E-state index in [0.717, 1.165) is 17.1 Å². The Morgan fingerprint density at radius 2 is 1.46 bits per heavy atom. The van der Waals surface area contributed by atoms with Gasteiger partial charge in [0, 0.05) is 12.2 Å². The smallest absolute Gasteiger partial charge is 0.250 e. The van der Waals surface area contributed by atoms with Gasteiger partial charge in [-0.1, -0.05) is 42.5 Å². The Bertz CT molecular complexity index is 941. The molecule has 0 aliphatic carbocycles. The molecule has 6 heteroatoms. The molecule has 0 spiro atoms. The van der Waals surface area contributed by atoms with Crippen molar-refractivity contribution in [2.24, 2.45) is 5.73 Å². The van der Waals surface area contributed by atoms with Crippen LogP contribution in [0.2, 0.25) is 0 Å². The van der Waals surface area contributed by atoms with Gasteiger partial charge in [-0.2, -0.15) is 0 Å². The number of hydrogen-bond acceptors (Lipinski definition) is 4. The van der Waals surface area contributed by atoms with Gasteiger partial charge in [0.25, 0.3) is 5.91 Å². The van der Waals surface area contributed by atoms with E-state index in [1.54, 1.807) is 24.3 Å². The summed E-state index contributed by atoms with van der Waals surface area (Å²) in [5, 5.41) is 5.76. The van der Waals surface area contributed by atoms with E-state index in [2.05, 4.69) is 10.6 Å². The van der Waals surface area contributed by atoms with Crippen LogP contribution in [0, 0.1) is 0 Å². The zero-order chi connectivity index (χ0) is 19.8. The maximum absolute atomic E-state index is 12.1. The topological polar surface area (TPSA) is 93.5 Å². The van der Waals surface area contributed by atoms with Crippen molar-refractivity contribution in [2.75, 3.05) is 11.9 Å². The highest BCUT2D eigenvalue weighted by molar-refractivity contribution is 5.99. The Balaban J connectivity index is 1.48. The van der Waals surface area contributed by atoms with Crippen LogP contribution in [-0.2, 0) is 11.3 Å². The summed E-state index contributed by atoms with van der Waals surface area (Å²) >= 11 is 0. The van der Waals surface area contributed by atoms with Crippen LogP contribution in [-0.4, -0.2) is 18.4 Å². The molecule has 0 radical (unpaired) electrons. The van der Waals surface area contributed by atoms with Crippen LogP contribution in [0.25, 0.3) is 0 Å². The molecule has 3 aromatic carbocycles. The second-order valence-electron chi connectivity index (χ2n) is 6.10. The first-order chi connectivity index (χ1) is 13.6. The average Bonchev–Trinajstić information content (AvgIpc) is 2.72. The first-order valence-corrected chi connectivity index (χ1v) is 8.83. The van der Waals surface area contributed by atoms with Gasteiger partial charge >= 0.3 is 0 Å². The Morgan fingerprint density at radius 1 is 0.821 bits per heavy atom. The van der Waals surface area contributed by atoms with Gasteiger partial charge in [0.05, 0.1) is 12.1 Å². The zero-order valence-electron chi connectivity index (χ0n) is 15.2. The minimum Gasteiger partial charge on any atom is -0.457 e. The number of rotatable bonds is 8. The molecule has 2 amide bonds. The first-order valence-electron chi connectivity index (χ1n) is 8.83. The van der Waals surface area contributed by atoms with Crippen molar-refractivity contribution in [2.45, 2.75) is 6.54 Å². The lowest BCUT2D eigenvalue weighted by molar-refractivity contribution is -0.119. The Kier molecular flexibility index (Phi) is 6.25. The van der Waals surface area contributed by atoms with E-state index in [1.807, 2.05) is 54.6 Å². The highest BCUT2D eigenvalue weighted by Gasteiger charge is 2.08. The van der Waals surface area contributed by atoms with Gasteiger partial charge in [-0.15, -0.1) is 0 Å². The summed E-state index contributed by atoms with van der Waals surface area (Å²) in [6.07, 6.45) is 0. The summed E-state index contributed by atoms with van der Waals surface area (Å²) in [5.74, 6) is 0.766. The molecule has 0 bridgehead atoms. The fourth-order valence-electron chi connectivity index (χ4n) is 2.59. The highest BCUT2D eigenvalue weighted by Crippen LogP contribution is 2.21. The van der Waals surface area contributed by atoms with Gasteiger partial charge in [0.15, 0.2) is 0 Å². The fourth-order valence-corrected chi connectivity index (χ4v) is 2.59.